The predicted octanol–water partition coefficient (Wildman–Crippen LogP) is 1.70. The molecule has 4 nitrogen and oxygen atoms in total. The second-order valence-electron chi connectivity index (χ2n) is 5.92. The second-order valence-corrected chi connectivity index (χ2v) is 6.48. The van der Waals surface area contributed by atoms with Crippen LogP contribution >= 0.6 is 12.8 Å². The Balaban J connectivity index is 1.87. The van der Waals surface area contributed by atoms with Crippen LogP contribution in [-0.2, 0) is 4.79 Å². The van der Waals surface area contributed by atoms with E-state index >= 15 is 0 Å². The number of rotatable bonds is 5. The SMILES string of the molecule is C=CCN(C(=O)CC1CCN(S)CC1)C1CCNCC1. The van der Waals surface area contributed by atoms with E-state index in [2.05, 4.69) is 33.9 Å². The van der Waals surface area contributed by atoms with Crippen molar-refractivity contribution >= 4 is 18.7 Å². The number of hydrogen-bond acceptors (Lipinski definition) is 4. The van der Waals surface area contributed by atoms with Gasteiger partial charge in [0.05, 0.1) is 0 Å². The molecule has 114 valence electrons. The largest absolute Gasteiger partial charge is 0.336 e. The van der Waals surface area contributed by atoms with Crippen LogP contribution in [0.2, 0.25) is 0 Å². The van der Waals surface area contributed by atoms with Crippen molar-refractivity contribution in [2.24, 2.45) is 5.92 Å². The summed E-state index contributed by atoms with van der Waals surface area (Å²) in [5, 5.41) is 3.36. The van der Waals surface area contributed by atoms with Gasteiger partial charge in [0, 0.05) is 32.1 Å². The number of piperidine rings is 2. The molecule has 0 aromatic rings. The first-order valence-corrected chi connectivity index (χ1v) is 8.15. The molecule has 0 aromatic heterocycles. The average molecular weight is 297 g/mol. The first-order valence-electron chi connectivity index (χ1n) is 7.75. The number of nitrogens with zero attached hydrogens (tertiary/aromatic N) is 2. The van der Waals surface area contributed by atoms with E-state index in [-0.39, 0.29) is 0 Å². The van der Waals surface area contributed by atoms with Crippen LogP contribution in [0.1, 0.15) is 32.1 Å². The van der Waals surface area contributed by atoms with Gasteiger partial charge in [0.2, 0.25) is 5.91 Å². The van der Waals surface area contributed by atoms with Gasteiger partial charge in [-0.3, -0.25) is 9.10 Å². The maximum absolute atomic E-state index is 12.6. The van der Waals surface area contributed by atoms with Gasteiger partial charge in [0.1, 0.15) is 0 Å². The summed E-state index contributed by atoms with van der Waals surface area (Å²) >= 11 is 4.37. The van der Waals surface area contributed by atoms with E-state index in [1.165, 1.54) is 0 Å². The fraction of sp³-hybridized carbons (Fsp3) is 0.800. The van der Waals surface area contributed by atoms with Gasteiger partial charge < -0.3 is 10.2 Å². The third-order valence-electron chi connectivity index (χ3n) is 4.45. The Labute approximate surface area is 128 Å². The van der Waals surface area contributed by atoms with Crippen LogP contribution in [0.15, 0.2) is 12.7 Å². The summed E-state index contributed by atoms with van der Waals surface area (Å²) in [6, 6.07) is 0.395. The second kappa shape index (κ2) is 8.05. The highest BCUT2D eigenvalue weighted by molar-refractivity contribution is 7.77. The molecule has 0 aromatic carbocycles. The van der Waals surface area contributed by atoms with E-state index in [0.29, 0.717) is 30.8 Å². The van der Waals surface area contributed by atoms with Crippen LogP contribution in [0.25, 0.3) is 0 Å². The van der Waals surface area contributed by atoms with Crippen molar-refractivity contribution in [2.75, 3.05) is 32.7 Å². The molecule has 20 heavy (non-hydrogen) atoms. The molecule has 2 fully saturated rings. The van der Waals surface area contributed by atoms with Crippen LogP contribution in [0.5, 0.6) is 0 Å². The van der Waals surface area contributed by atoms with Crippen molar-refractivity contribution in [1.82, 2.24) is 14.5 Å². The summed E-state index contributed by atoms with van der Waals surface area (Å²) in [4.78, 5) is 14.7. The summed E-state index contributed by atoms with van der Waals surface area (Å²) in [6.07, 6.45) is 6.85. The number of carbonyl (C=O) groups excluding carboxylic acids is 1. The van der Waals surface area contributed by atoms with Crippen LogP contribution in [0.4, 0.5) is 0 Å². The van der Waals surface area contributed by atoms with Gasteiger partial charge in [-0.25, -0.2) is 0 Å². The number of thiol groups is 1. The molecule has 1 N–H and O–H groups in total. The van der Waals surface area contributed by atoms with E-state index in [1.54, 1.807) is 0 Å². The Morgan fingerprint density at radius 2 is 1.95 bits per heavy atom. The minimum absolute atomic E-state index is 0.314. The summed E-state index contributed by atoms with van der Waals surface area (Å²) in [5.41, 5.74) is 0. The molecule has 0 atom stereocenters. The van der Waals surface area contributed by atoms with Crippen LogP contribution < -0.4 is 5.32 Å². The molecule has 0 bridgehead atoms. The maximum Gasteiger partial charge on any atom is 0.223 e. The highest BCUT2D eigenvalue weighted by atomic mass is 32.1. The highest BCUT2D eigenvalue weighted by Gasteiger charge is 2.27. The number of carbonyl (C=O) groups is 1. The van der Waals surface area contributed by atoms with E-state index in [9.17, 15) is 4.79 Å². The Morgan fingerprint density at radius 1 is 1.30 bits per heavy atom. The zero-order valence-electron chi connectivity index (χ0n) is 12.3. The Bertz CT molecular complexity index is 323. The van der Waals surface area contributed by atoms with Gasteiger partial charge in [0.25, 0.3) is 0 Å². The fourth-order valence-corrected chi connectivity index (χ4v) is 3.43. The van der Waals surface area contributed by atoms with Gasteiger partial charge in [0.15, 0.2) is 0 Å². The quantitative estimate of drug-likeness (QED) is 0.599. The number of amides is 1. The minimum atomic E-state index is 0.314. The lowest BCUT2D eigenvalue weighted by molar-refractivity contribution is -0.134. The summed E-state index contributed by atoms with van der Waals surface area (Å²) in [7, 11) is 0. The van der Waals surface area contributed by atoms with Crippen LogP contribution in [0, 0.1) is 5.92 Å². The minimum Gasteiger partial charge on any atom is -0.336 e. The fourth-order valence-electron chi connectivity index (χ4n) is 3.20. The first-order chi connectivity index (χ1) is 9.70. The molecule has 0 spiro atoms. The Morgan fingerprint density at radius 3 is 2.55 bits per heavy atom. The van der Waals surface area contributed by atoms with Crippen molar-refractivity contribution in [1.29, 1.82) is 0 Å². The van der Waals surface area contributed by atoms with E-state index < -0.39 is 0 Å². The van der Waals surface area contributed by atoms with Crippen molar-refractivity contribution in [2.45, 2.75) is 38.1 Å². The molecule has 0 radical (unpaired) electrons. The molecule has 5 heteroatoms. The van der Waals surface area contributed by atoms with Crippen molar-refractivity contribution < 1.29 is 4.79 Å². The average Bonchev–Trinajstić information content (AvgIpc) is 2.48. The molecular formula is C15H27N3OS. The van der Waals surface area contributed by atoms with Crippen molar-refractivity contribution in [3.05, 3.63) is 12.7 Å². The maximum atomic E-state index is 12.6. The van der Waals surface area contributed by atoms with Crippen LogP contribution in [-0.4, -0.2) is 53.9 Å². The Kier molecular flexibility index (Phi) is 6.39. The molecule has 2 aliphatic rings. The molecule has 2 rings (SSSR count). The van der Waals surface area contributed by atoms with Gasteiger partial charge >= 0.3 is 0 Å². The van der Waals surface area contributed by atoms with E-state index in [4.69, 9.17) is 0 Å². The van der Waals surface area contributed by atoms with E-state index in [0.717, 1.165) is 51.9 Å². The van der Waals surface area contributed by atoms with Gasteiger partial charge in [-0.15, -0.1) is 6.58 Å². The summed E-state index contributed by atoms with van der Waals surface area (Å²) in [6.45, 7) is 8.52. The standard InChI is InChI=1S/C15H27N3OS/c1-2-9-18(14-3-7-16-8-4-14)15(19)12-13-5-10-17(20)11-6-13/h2,13-14,16,20H,1,3-12H2. The third kappa shape index (κ3) is 4.50. The molecule has 2 saturated heterocycles. The molecule has 0 unspecified atom stereocenters. The van der Waals surface area contributed by atoms with Crippen LogP contribution in [0.3, 0.4) is 0 Å². The van der Waals surface area contributed by atoms with Crippen molar-refractivity contribution in [3.8, 4) is 0 Å². The van der Waals surface area contributed by atoms with Gasteiger partial charge in [-0.2, -0.15) is 0 Å². The molecule has 0 saturated carbocycles. The van der Waals surface area contributed by atoms with Gasteiger partial charge in [-0.05, 0) is 44.7 Å². The normalized spacial score (nSPS) is 22.6. The molecule has 2 aliphatic heterocycles. The molecule has 0 aliphatic carbocycles. The molecular weight excluding hydrogens is 270 g/mol. The Hall–Kier alpha value is -0.520. The molecule has 2 heterocycles. The topological polar surface area (TPSA) is 35.6 Å². The third-order valence-corrected chi connectivity index (χ3v) is 4.85. The highest BCUT2D eigenvalue weighted by Crippen LogP contribution is 2.23. The summed E-state index contributed by atoms with van der Waals surface area (Å²) in [5.74, 6) is 0.842. The lowest BCUT2D eigenvalue weighted by Gasteiger charge is -2.36. The number of hydrogen-bond donors (Lipinski definition) is 2. The smallest absolute Gasteiger partial charge is 0.223 e. The summed E-state index contributed by atoms with van der Waals surface area (Å²) < 4.78 is 2.05. The first kappa shape index (κ1) is 15.9. The zero-order chi connectivity index (χ0) is 14.4. The monoisotopic (exact) mass is 297 g/mol. The van der Waals surface area contributed by atoms with Gasteiger partial charge in [-0.1, -0.05) is 18.9 Å². The van der Waals surface area contributed by atoms with E-state index in [1.807, 2.05) is 6.08 Å². The predicted molar refractivity (Wildman–Crippen MR) is 85.7 cm³/mol. The number of nitrogens with one attached hydrogen (secondary N) is 1. The lowest BCUT2D eigenvalue weighted by Crippen LogP contribution is -2.47. The lowest BCUT2D eigenvalue weighted by atomic mass is 9.93. The molecule has 1 amide bonds. The van der Waals surface area contributed by atoms with Crippen molar-refractivity contribution in [3.63, 3.8) is 0 Å². The zero-order valence-corrected chi connectivity index (χ0v) is 13.2.